The van der Waals surface area contributed by atoms with Crippen molar-refractivity contribution in [1.29, 1.82) is 0 Å². The van der Waals surface area contributed by atoms with E-state index in [-0.39, 0.29) is 0 Å². The summed E-state index contributed by atoms with van der Waals surface area (Å²) >= 11 is 0. The van der Waals surface area contributed by atoms with Crippen molar-refractivity contribution < 1.29 is 0 Å². The Morgan fingerprint density at radius 3 is 2.60 bits per heavy atom. The topological polar surface area (TPSA) is 63.3 Å². The number of rotatable bonds is 4. The summed E-state index contributed by atoms with van der Waals surface area (Å²) in [6.07, 6.45) is 4.66. The molecule has 0 atom stereocenters. The minimum Gasteiger partial charge on any atom is -0.370 e. The number of hydrogen-bond donors (Lipinski definition) is 2. The van der Waals surface area contributed by atoms with E-state index in [0.717, 1.165) is 23.2 Å². The molecule has 0 saturated heterocycles. The Morgan fingerprint density at radius 2 is 1.95 bits per heavy atom. The van der Waals surface area contributed by atoms with E-state index in [4.69, 9.17) is 5.73 Å². The largest absolute Gasteiger partial charge is 0.370 e. The summed E-state index contributed by atoms with van der Waals surface area (Å²) in [5.41, 5.74) is 10.3. The van der Waals surface area contributed by atoms with Gasteiger partial charge in [-0.15, -0.1) is 0 Å². The fourth-order valence-electron chi connectivity index (χ4n) is 1.89. The lowest BCUT2D eigenvalue weighted by atomic mass is 10.1. The molecule has 0 saturated carbocycles. The molecule has 2 aromatic rings. The molecule has 3 N–H and O–H groups in total. The zero-order chi connectivity index (χ0) is 14.4. The molecule has 4 heteroatoms. The van der Waals surface area contributed by atoms with E-state index in [1.54, 1.807) is 6.20 Å². The molecule has 0 fully saturated rings. The highest BCUT2D eigenvalue weighted by molar-refractivity contribution is 5.92. The van der Waals surface area contributed by atoms with Gasteiger partial charge in [-0.25, -0.2) is 4.99 Å². The monoisotopic (exact) mass is 268 g/mol. The van der Waals surface area contributed by atoms with Gasteiger partial charge in [0.1, 0.15) is 0 Å². The van der Waals surface area contributed by atoms with Crippen LogP contribution in [0.4, 0.5) is 5.69 Å². The third kappa shape index (κ3) is 4.09. The molecule has 0 radical (unpaired) electrons. The maximum absolute atomic E-state index is 5.88. The third-order valence-electron chi connectivity index (χ3n) is 3.00. The quantitative estimate of drug-likeness (QED) is 0.662. The van der Waals surface area contributed by atoms with Gasteiger partial charge in [0.05, 0.1) is 6.54 Å². The zero-order valence-electron chi connectivity index (χ0n) is 11.9. The summed E-state index contributed by atoms with van der Waals surface area (Å²) in [6.45, 7) is 4.67. The summed E-state index contributed by atoms with van der Waals surface area (Å²) < 4.78 is 0. The van der Waals surface area contributed by atoms with Crippen LogP contribution in [-0.4, -0.2) is 10.9 Å². The van der Waals surface area contributed by atoms with Crippen molar-refractivity contribution in [1.82, 2.24) is 4.98 Å². The first-order chi connectivity index (χ1) is 9.67. The molecule has 0 amide bonds. The highest BCUT2D eigenvalue weighted by Gasteiger charge is 1.97. The number of anilines is 1. The molecule has 0 spiro atoms. The summed E-state index contributed by atoms with van der Waals surface area (Å²) in [5, 5.41) is 3.09. The van der Waals surface area contributed by atoms with Crippen LogP contribution in [0.2, 0.25) is 0 Å². The van der Waals surface area contributed by atoms with Gasteiger partial charge < -0.3 is 11.1 Å². The van der Waals surface area contributed by atoms with Gasteiger partial charge >= 0.3 is 0 Å². The number of nitrogens with zero attached hydrogens (tertiary/aromatic N) is 2. The number of pyridine rings is 1. The average Bonchev–Trinajstić information content (AvgIpc) is 2.46. The fraction of sp³-hybridized carbons (Fsp3) is 0.250. The standard InChI is InChI=1S/C16H20N4/c1-3-13-4-6-15(7-5-13)20-16(17)19-11-14-8-12(2)9-18-10-14/h4-10H,3,11H2,1-2H3,(H3,17,19,20). The van der Waals surface area contributed by atoms with Crippen LogP contribution in [-0.2, 0) is 13.0 Å². The van der Waals surface area contributed by atoms with Crippen molar-refractivity contribution in [2.75, 3.05) is 5.32 Å². The van der Waals surface area contributed by atoms with Crippen molar-refractivity contribution in [3.8, 4) is 0 Å². The predicted molar refractivity (Wildman–Crippen MR) is 83.7 cm³/mol. The van der Waals surface area contributed by atoms with Crippen molar-refractivity contribution in [2.24, 2.45) is 10.7 Å². The number of aromatic nitrogens is 1. The van der Waals surface area contributed by atoms with E-state index in [0.29, 0.717) is 12.5 Å². The molecule has 0 unspecified atom stereocenters. The number of nitrogens with one attached hydrogen (secondary N) is 1. The molecular formula is C16H20N4. The summed E-state index contributed by atoms with van der Waals surface area (Å²) in [7, 11) is 0. The number of benzene rings is 1. The molecule has 0 bridgehead atoms. The minimum absolute atomic E-state index is 0.413. The van der Waals surface area contributed by atoms with E-state index in [1.807, 2.05) is 25.3 Å². The van der Waals surface area contributed by atoms with E-state index < -0.39 is 0 Å². The SMILES string of the molecule is CCc1ccc(NC(N)=NCc2cncc(C)c2)cc1. The van der Waals surface area contributed by atoms with E-state index in [9.17, 15) is 0 Å². The fourth-order valence-corrected chi connectivity index (χ4v) is 1.89. The lowest BCUT2D eigenvalue weighted by Crippen LogP contribution is -2.22. The highest BCUT2D eigenvalue weighted by atomic mass is 15.1. The van der Waals surface area contributed by atoms with Crippen LogP contribution in [0.3, 0.4) is 0 Å². The normalized spacial score (nSPS) is 11.4. The average molecular weight is 268 g/mol. The molecule has 4 nitrogen and oxygen atoms in total. The Balaban J connectivity index is 1.96. The smallest absolute Gasteiger partial charge is 0.193 e. The Labute approximate surface area is 119 Å². The lowest BCUT2D eigenvalue weighted by molar-refractivity contribution is 1.03. The zero-order valence-corrected chi connectivity index (χ0v) is 11.9. The first-order valence-electron chi connectivity index (χ1n) is 6.74. The van der Waals surface area contributed by atoms with Crippen LogP contribution in [0.1, 0.15) is 23.6 Å². The van der Waals surface area contributed by atoms with E-state index in [1.165, 1.54) is 5.56 Å². The maximum Gasteiger partial charge on any atom is 0.193 e. The van der Waals surface area contributed by atoms with E-state index >= 15 is 0 Å². The number of nitrogens with two attached hydrogens (primary N) is 1. The van der Waals surface area contributed by atoms with E-state index in [2.05, 4.69) is 40.4 Å². The number of aryl methyl sites for hydroxylation is 2. The minimum atomic E-state index is 0.413. The van der Waals surface area contributed by atoms with Gasteiger partial charge in [0.2, 0.25) is 0 Å². The van der Waals surface area contributed by atoms with Gasteiger partial charge in [0.25, 0.3) is 0 Å². The van der Waals surface area contributed by atoms with Gasteiger partial charge in [-0.3, -0.25) is 4.98 Å². The van der Waals surface area contributed by atoms with Gasteiger partial charge in [0.15, 0.2) is 5.96 Å². The molecule has 104 valence electrons. The Kier molecular flexibility index (Phi) is 4.71. The first-order valence-corrected chi connectivity index (χ1v) is 6.74. The summed E-state index contributed by atoms with van der Waals surface area (Å²) in [5.74, 6) is 0.413. The predicted octanol–water partition coefficient (Wildman–Crippen LogP) is 2.88. The van der Waals surface area contributed by atoms with Crippen molar-refractivity contribution in [3.63, 3.8) is 0 Å². The number of guanidine groups is 1. The van der Waals surface area contributed by atoms with Crippen LogP contribution >= 0.6 is 0 Å². The molecule has 2 rings (SSSR count). The van der Waals surface area contributed by atoms with Crippen molar-refractivity contribution in [2.45, 2.75) is 26.8 Å². The molecule has 20 heavy (non-hydrogen) atoms. The molecule has 0 aliphatic carbocycles. The van der Waals surface area contributed by atoms with Gasteiger partial charge in [-0.05, 0) is 42.2 Å². The maximum atomic E-state index is 5.88. The van der Waals surface area contributed by atoms with Gasteiger partial charge in [0, 0.05) is 18.1 Å². The van der Waals surface area contributed by atoms with Crippen molar-refractivity contribution in [3.05, 3.63) is 59.4 Å². The Morgan fingerprint density at radius 1 is 1.20 bits per heavy atom. The van der Waals surface area contributed by atoms with Crippen LogP contribution in [0, 0.1) is 6.92 Å². The number of hydrogen-bond acceptors (Lipinski definition) is 2. The molecular weight excluding hydrogens is 248 g/mol. The van der Waals surface area contributed by atoms with Crippen LogP contribution in [0.5, 0.6) is 0 Å². The third-order valence-corrected chi connectivity index (χ3v) is 3.00. The number of aliphatic imine (C=N–C) groups is 1. The Bertz CT molecular complexity index is 588. The van der Waals surface area contributed by atoms with Gasteiger partial charge in [-0.2, -0.15) is 0 Å². The highest BCUT2D eigenvalue weighted by Crippen LogP contribution is 2.09. The summed E-state index contributed by atoms with van der Waals surface area (Å²) in [4.78, 5) is 8.45. The second kappa shape index (κ2) is 6.70. The lowest BCUT2D eigenvalue weighted by Gasteiger charge is -2.06. The Hall–Kier alpha value is -2.36. The molecule has 1 heterocycles. The van der Waals surface area contributed by atoms with Crippen LogP contribution < -0.4 is 11.1 Å². The van der Waals surface area contributed by atoms with Crippen LogP contribution in [0.25, 0.3) is 0 Å². The molecule has 1 aromatic heterocycles. The second-order valence-corrected chi connectivity index (χ2v) is 4.75. The van der Waals surface area contributed by atoms with Gasteiger partial charge in [-0.1, -0.05) is 25.1 Å². The molecule has 1 aromatic carbocycles. The summed E-state index contributed by atoms with van der Waals surface area (Å²) in [6, 6.07) is 10.2. The van der Waals surface area contributed by atoms with Crippen molar-refractivity contribution >= 4 is 11.6 Å². The molecule has 0 aliphatic rings. The second-order valence-electron chi connectivity index (χ2n) is 4.75. The molecule has 0 aliphatic heterocycles. The first kappa shape index (κ1) is 14.1. The van der Waals surface area contributed by atoms with Crippen LogP contribution in [0.15, 0.2) is 47.7 Å².